The molecule has 1 rings (SSSR count). The smallest absolute Gasteiger partial charge is 0.227 e. The lowest BCUT2D eigenvalue weighted by molar-refractivity contribution is 1.35. The van der Waals surface area contributed by atoms with Crippen LogP contribution >= 0.6 is 0 Å². The van der Waals surface area contributed by atoms with Crippen LogP contribution in [0.1, 0.15) is 0 Å². The van der Waals surface area contributed by atoms with Gasteiger partial charge in [0.05, 0.1) is 6.57 Å². The standard InChI is InChI=1S/C6H6N4/c1-9-5-3-10-6(8)2-4(5)7/h2-3H,(H4,7,8,10). The van der Waals surface area contributed by atoms with Crippen LogP contribution in [0.2, 0.25) is 0 Å². The van der Waals surface area contributed by atoms with Crippen molar-refractivity contribution in [2.24, 2.45) is 0 Å². The summed E-state index contributed by atoms with van der Waals surface area (Å²) in [6.45, 7) is 6.62. The molecule has 0 aliphatic rings. The van der Waals surface area contributed by atoms with Crippen LogP contribution in [-0.2, 0) is 0 Å². The molecule has 0 aromatic carbocycles. The minimum Gasteiger partial charge on any atom is -0.407 e. The molecule has 0 fully saturated rings. The monoisotopic (exact) mass is 134 g/mol. The topological polar surface area (TPSA) is 69.3 Å². The van der Waals surface area contributed by atoms with E-state index in [1.54, 1.807) is 0 Å². The second kappa shape index (κ2) is 2.23. The molecule has 0 aliphatic heterocycles. The summed E-state index contributed by atoms with van der Waals surface area (Å²) in [5.74, 6) is 0.338. The Morgan fingerprint density at radius 2 is 2.20 bits per heavy atom. The molecule has 0 bridgehead atoms. The van der Waals surface area contributed by atoms with E-state index in [-0.39, 0.29) is 0 Å². The Bertz CT molecular complexity index is 286. The maximum Gasteiger partial charge on any atom is 0.227 e. The van der Waals surface area contributed by atoms with Gasteiger partial charge in [-0.15, -0.1) is 0 Å². The van der Waals surface area contributed by atoms with Crippen LogP contribution in [0.5, 0.6) is 0 Å². The van der Waals surface area contributed by atoms with E-state index in [9.17, 15) is 0 Å². The lowest BCUT2D eigenvalue weighted by atomic mass is 10.3. The minimum atomic E-state index is 0.338. The highest BCUT2D eigenvalue weighted by Gasteiger charge is 1.96. The molecule has 4 N–H and O–H groups in total. The number of hydrogen-bond donors (Lipinski definition) is 2. The minimum absolute atomic E-state index is 0.338. The predicted molar refractivity (Wildman–Crippen MR) is 39.3 cm³/mol. The molecule has 4 heteroatoms. The third-order valence-corrected chi connectivity index (χ3v) is 1.06. The van der Waals surface area contributed by atoms with Crippen molar-refractivity contribution in [1.82, 2.24) is 4.98 Å². The molecule has 50 valence electrons. The van der Waals surface area contributed by atoms with Crippen molar-refractivity contribution in [3.8, 4) is 0 Å². The summed E-state index contributed by atoms with van der Waals surface area (Å²) in [5, 5.41) is 0. The van der Waals surface area contributed by atoms with Crippen LogP contribution in [0.3, 0.4) is 0 Å². The Kier molecular flexibility index (Phi) is 1.42. The molecule has 10 heavy (non-hydrogen) atoms. The molecule has 1 heterocycles. The molecule has 1 aromatic heterocycles. The van der Waals surface area contributed by atoms with Gasteiger partial charge < -0.3 is 11.5 Å². The summed E-state index contributed by atoms with van der Waals surface area (Å²) in [5.41, 5.74) is 11.4. The van der Waals surface area contributed by atoms with Crippen molar-refractivity contribution in [2.75, 3.05) is 11.5 Å². The maximum atomic E-state index is 6.62. The molecule has 0 spiro atoms. The van der Waals surface area contributed by atoms with Crippen molar-refractivity contribution >= 4 is 17.2 Å². The van der Waals surface area contributed by atoms with Crippen LogP contribution in [0.25, 0.3) is 4.85 Å². The van der Waals surface area contributed by atoms with Gasteiger partial charge in [-0.2, -0.15) is 0 Å². The third kappa shape index (κ3) is 0.977. The van der Waals surface area contributed by atoms with Gasteiger partial charge in [0.1, 0.15) is 5.82 Å². The Labute approximate surface area is 58.3 Å². The highest BCUT2D eigenvalue weighted by atomic mass is 14.9. The normalized spacial score (nSPS) is 8.70. The fourth-order valence-corrected chi connectivity index (χ4v) is 0.574. The Morgan fingerprint density at radius 1 is 1.50 bits per heavy atom. The summed E-state index contributed by atoms with van der Waals surface area (Å²) in [4.78, 5) is 6.81. The van der Waals surface area contributed by atoms with Gasteiger partial charge in [-0.1, -0.05) is 0 Å². The van der Waals surface area contributed by atoms with E-state index in [0.29, 0.717) is 17.2 Å². The second-order valence-electron chi connectivity index (χ2n) is 1.78. The van der Waals surface area contributed by atoms with E-state index in [0.717, 1.165) is 0 Å². The van der Waals surface area contributed by atoms with Gasteiger partial charge in [0.15, 0.2) is 0 Å². The summed E-state index contributed by atoms with van der Waals surface area (Å²) in [7, 11) is 0. The summed E-state index contributed by atoms with van der Waals surface area (Å²) in [6, 6.07) is 1.47. The Balaban J connectivity index is 3.23. The number of anilines is 2. The fraction of sp³-hybridized carbons (Fsp3) is 0. The van der Waals surface area contributed by atoms with E-state index in [4.69, 9.17) is 18.0 Å². The number of nitrogens with zero attached hydrogens (tertiary/aromatic N) is 2. The summed E-state index contributed by atoms with van der Waals surface area (Å²) in [6.07, 6.45) is 1.36. The lowest BCUT2D eigenvalue weighted by Crippen LogP contribution is -1.92. The highest BCUT2D eigenvalue weighted by molar-refractivity contribution is 5.68. The first-order valence-electron chi connectivity index (χ1n) is 2.62. The van der Waals surface area contributed by atoms with Gasteiger partial charge in [-0.25, -0.2) is 4.85 Å². The van der Waals surface area contributed by atoms with Gasteiger partial charge in [0.25, 0.3) is 0 Å². The van der Waals surface area contributed by atoms with E-state index >= 15 is 0 Å². The lowest BCUT2D eigenvalue weighted by Gasteiger charge is -1.95. The van der Waals surface area contributed by atoms with Crippen LogP contribution < -0.4 is 11.5 Å². The van der Waals surface area contributed by atoms with Gasteiger partial charge >= 0.3 is 0 Å². The number of pyridine rings is 1. The van der Waals surface area contributed by atoms with Crippen LogP contribution in [-0.4, -0.2) is 4.98 Å². The van der Waals surface area contributed by atoms with Crippen LogP contribution in [0, 0.1) is 6.57 Å². The Morgan fingerprint density at radius 3 is 2.70 bits per heavy atom. The van der Waals surface area contributed by atoms with Crippen molar-refractivity contribution in [2.45, 2.75) is 0 Å². The van der Waals surface area contributed by atoms with Crippen molar-refractivity contribution < 1.29 is 0 Å². The predicted octanol–water partition coefficient (Wildman–Crippen LogP) is 0.797. The molecule has 0 atom stereocenters. The Hall–Kier alpha value is -1.76. The molecular weight excluding hydrogens is 128 g/mol. The zero-order chi connectivity index (χ0) is 7.56. The number of rotatable bonds is 0. The first kappa shape index (κ1) is 6.36. The zero-order valence-electron chi connectivity index (χ0n) is 5.20. The van der Waals surface area contributed by atoms with Crippen molar-refractivity contribution in [3.63, 3.8) is 0 Å². The number of nitrogens with two attached hydrogens (primary N) is 2. The van der Waals surface area contributed by atoms with E-state index in [1.165, 1.54) is 12.3 Å². The van der Waals surface area contributed by atoms with Gasteiger partial charge in [0.2, 0.25) is 5.69 Å². The molecule has 4 nitrogen and oxygen atoms in total. The van der Waals surface area contributed by atoms with Crippen LogP contribution in [0.15, 0.2) is 12.3 Å². The fourth-order valence-electron chi connectivity index (χ4n) is 0.574. The van der Waals surface area contributed by atoms with Crippen LogP contribution in [0.4, 0.5) is 17.2 Å². The number of hydrogen-bond acceptors (Lipinski definition) is 3. The number of nitrogen functional groups attached to an aromatic ring is 2. The first-order valence-corrected chi connectivity index (χ1v) is 2.62. The molecule has 0 aliphatic carbocycles. The molecule has 0 saturated carbocycles. The van der Waals surface area contributed by atoms with Crippen molar-refractivity contribution in [1.29, 1.82) is 0 Å². The second-order valence-corrected chi connectivity index (χ2v) is 1.78. The third-order valence-electron chi connectivity index (χ3n) is 1.06. The largest absolute Gasteiger partial charge is 0.407 e. The molecule has 0 unspecified atom stereocenters. The van der Waals surface area contributed by atoms with Gasteiger partial charge in [-0.3, -0.25) is 4.98 Å². The van der Waals surface area contributed by atoms with Gasteiger partial charge in [0, 0.05) is 11.9 Å². The number of aromatic nitrogens is 1. The first-order chi connectivity index (χ1) is 4.74. The van der Waals surface area contributed by atoms with E-state index < -0.39 is 0 Å². The quantitative estimate of drug-likeness (QED) is 0.515. The van der Waals surface area contributed by atoms with E-state index in [1.807, 2.05) is 0 Å². The summed E-state index contributed by atoms with van der Waals surface area (Å²) >= 11 is 0. The molecule has 1 aromatic rings. The molecule has 0 amide bonds. The maximum absolute atomic E-state index is 6.62. The van der Waals surface area contributed by atoms with Gasteiger partial charge in [-0.05, 0) is 6.07 Å². The molecule has 0 saturated heterocycles. The highest BCUT2D eigenvalue weighted by Crippen LogP contribution is 2.20. The average molecular weight is 134 g/mol. The molecular formula is C6H6N4. The SMILES string of the molecule is [C-]#[N+]c1cnc(N)cc1N. The summed E-state index contributed by atoms with van der Waals surface area (Å²) < 4.78 is 0. The van der Waals surface area contributed by atoms with E-state index in [2.05, 4.69) is 9.83 Å². The average Bonchev–Trinajstić information content (AvgIpc) is 1.88. The zero-order valence-corrected chi connectivity index (χ0v) is 5.20. The van der Waals surface area contributed by atoms with Crippen molar-refractivity contribution in [3.05, 3.63) is 23.7 Å². The molecule has 0 radical (unpaired) electrons.